The molecule has 0 bridgehead atoms. The van der Waals surface area contributed by atoms with Gasteiger partial charge in [-0.2, -0.15) is 0 Å². The minimum atomic E-state index is -0.286. The van der Waals surface area contributed by atoms with Gasteiger partial charge in [0.25, 0.3) is 11.8 Å². The molecule has 0 saturated carbocycles. The van der Waals surface area contributed by atoms with Crippen molar-refractivity contribution >= 4 is 29.1 Å². The molecule has 2 aromatic rings. The summed E-state index contributed by atoms with van der Waals surface area (Å²) in [5.41, 5.74) is 1.35. The number of amides is 2. The van der Waals surface area contributed by atoms with Crippen molar-refractivity contribution in [1.82, 2.24) is 9.88 Å². The lowest BCUT2D eigenvalue weighted by atomic mass is 10.1. The van der Waals surface area contributed by atoms with E-state index in [1.165, 1.54) is 11.1 Å². The maximum absolute atomic E-state index is 12.0. The third-order valence-corrected chi connectivity index (χ3v) is 3.10. The number of anilines is 1. The van der Waals surface area contributed by atoms with Gasteiger partial charge in [0.15, 0.2) is 0 Å². The van der Waals surface area contributed by atoms with E-state index in [1.807, 2.05) is 0 Å². The van der Waals surface area contributed by atoms with Crippen molar-refractivity contribution in [2.75, 3.05) is 19.4 Å². The Hall–Kier alpha value is -2.40. The van der Waals surface area contributed by atoms with E-state index in [4.69, 9.17) is 11.6 Å². The number of hydrogen-bond donors (Lipinski definition) is 1. The maximum Gasteiger partial charge on any atom is 0.257 e. The Labute approximate surface area is 127 Å². The largest absolute Gasteiger partial charge is 0.345 e. The van der Waals surface area contributed by atoms with Gasteiger partial charge in [0.1, 0.15) is 0 Å². The van der Waals surface area contributed by atoms with Crippen molar-refractivity contribution in [1.29, 1.82) is 0 Å². The maximum atomic E-state index is 12.0. The van der Waals surface area contributed by atoms with Crippen LogP contribution in [0, 0.1) is 0 Å². The molecule has 0 unspecified atom stereocenters. The van der Waals surface area contributed by atoms with Crippen molar-refractivity contribution in [3.63, 3.8) is 0 Å². The van der Waals surface area contributed by atoms with Crippen LogP contribution in [0.5, 0.6) is 0 Å². The minimum Gasteiger partial charge on any atom is -0.345 e. The third-order valence-electron chi connectivity index (χ3n) is 2.79. The number of hydrogen-bond acceptors (Lipinski definition) is 3. The standard InChI is InChI=1S/C15H14ClN3O2/c1-19(2)15(21)12-6-5-11(8-13(12)16)18-14(20)10-4-3-7-17-9-10/h3-9H,1-2H3,(H,18,20). The van der Waals surface area contributed by atoms with Crippen molar-refractivity contribution in [3.8, 4) is 0 Å². The van der Waals surface area contributed by atoms with Gasteiger partial charge in [-0.25, -0.2) is 0 Å². The van der Waals surface area contributed by atoms with Crippen molar-refractivity contribution in [2.45, 2.75) is 0 Å². The molecule has 0 fully saturated rings. The molecule has 21 heavy (non-hydrogen) atoms. The second kappa shape index (κ2) is 6.37. The molecule has 1 N–H and O–H groups in total. The molecule has 0 spiro atoms. The molecule has 0 aliphatic carbocycles. The molecule has 5 nitrogen and oxygen atoms in total. The van der Waals surface area contributed by atoms with Gasteiger partial charge in [0.05, 0.1) is 16.1 Å². The molecular formula is C15H14ClN3O2. The van der Waals surface area contributed by atoms with Gasteiger partial charge in [-0.05, 0) is 30.3 Å². The van der Waals surface area contributed by atoms with Crippen LogP contribution in [-0.4, -0.2) is 35.8 Å². The fraction of sp³-hybridized carbons (Fsp3) is 0.133. The monoisotopic (exact) mass is 303 g/mol. The van der Waals surface area contributed by atoms with Crippen molar-refractivity contribution < 1.29 is 9.59 Å². The van der Waals surface area contributed by atoms with Gasteiger partial charge >= 0.3 is 0 Å². The number of nitrogens with zero attached hydrogens (tertiary/aromatic N) is 2. The van der Waals surface area contributed by atoms with Gasteiger partial charge in [0, 0.05) is 32.2 Å². The highest BCUT2D eigenvalue weighted by molar-refractivity contribution is 6.34. The van der Waals surface area contributed by atoms with Gasteiger partial charge in [-0.1, -0.05) is 11.6 Å². The highest BCUT2D eigenvalue weighted by Crippen LogP contribution is 2.22. The first-order valence-electron chi connectivity index (χ1n) is 6.21. The molecule has 6 heteroatoms. The van der Waals surface area contributed by atoms with Crippen LogP contribution in [0.15, 0.2) is 42.7 Å². The number of carbonyl (C=O) groups excluding carboxylic acids is 2. The summed E-state index contributed by atoms with van der Waals surface area (Å²) in [6, 6.07) is 8.11. The number of rotatable bonds is 3. The Balaban J connectivity index is 2.18. The zero-order chi connectivity index (χ0) is 15.4. The first-order chi connectivity index (χ1) is 9.99. The number of pyridine rings is 1. The molecule has 0 aliphatic rings. The van der Waals surface area contributed by atoms with Crippen molar-refractivity contribution in [2.24, 2.45) is 0 Å². The quantitative estimate of drug-likeness (QED) is 0.948. The molecule has 2 rings (SSSR count). The van der Waals surface area contributed by atoms with Crippen LogP contribution in [0.4, 0.5) is 5.69 Å². The molecule has 1 heterocycles. The van der Waals surface area contributed by atoms with E-state index in [0.29, 0.717) is 16.8 Å². The average Bonchev–Trinajstić information content (AvgIpc) is 2.47. The van der Waals surface area contributed by atoms with E-state index in [9.17, 15) is 9.59 Å². The minimum absolute atomic E-state index is 0.190. The van der Waals surface area contributed by atoms with Gasteiger partial charge < -0.3 is 10.2 Å². The number of halogens is 1. The fourth-order valence-corrected chi connectivity index (χ4v) is 1.97. The molecule has 0 saturated heterocycles. The predicted octanol–water partition coefficient (Wildman–Crippen LogP) is 2.69. The molecule has 108 valence electrons. The molecule has 0 aliphatic heterocycles. The topological polar surface area (TPSA) is 62.3 Å². The van der Waals surface area contributed by atoms with Crippen molar-refractivity contribution in [3.05, 3.63) is 58.9 Å². The van der Waals surface area contributed by atoms with Crippen LogP contribution in [0.3, 0.4) is 0 Å². The summed E-state index contributed by atoms with van der Waals surface area (Å²) in [6.07, 6.45) is 3.07. The fourth-order valence-electron chi connectivity index (χ4n) is 1.71. The lowest BCUT2D eigenvalue weighted by molar-refractivity contribution is 0.0827. The first-order valence-corrected chi connectivity index (χ1v) is 6.59. The van der Waals surface area contributed by atoms with E-state index in [-0.39, 0.29) is 16.8 Å². The summed E-state index contributed by atoms with van der Waals surface area (Å²) in [7, 11) is 3.30. The molecule has 2 amide bonds. The Kier molecular flexibility index (Phi) is 4.55. The van der Waals surface area contributed by atoms with E-state index in [2.05, 4.69) is 10.3 Å². The van der Waals surface area contributed by atoms with Crippen LogP contribution in [-0.2, 0) is 0 Å². The summed E-state index contributed by atoms with van der Waals surface area (Å²) in [5.74, 6) is -0.476. The lowest BCUT2D eigenvalue weighted by Gasteiger charge is -2.12. The summed E-state index contributed by atoms with van der Waals surface area (Å²) < 4.78 is 0. The van der Waals surface area contributed by atoms with Crippen LogP contribution in [0.1, 0.15) is 20.7 Å². The van der Waals surface area contributed by atoms with Crippen LogP contribution in [0.25, 0.3) is 0 Å². The molecular weight excluding hydrogens is 290 g/mol. The highest BCUT2D eigenvalue weighted by atomic mass is 35.5. The summed E-state index contributed by atoms with van der Waals surface area (Å²) in [6.45, 7) is 0. The van der Waals surface area contributed by atoms with Gasteiger partial charge in [-0.3, -0.25) is 14.6 Å². The zero-order valence-corrected chi connectivity index (χ0v) is 12.4. The number of benzene rings is 1. The SMILES string of the molecule is CN(C)C(=O)c1ccc(NC(=O)c2cccnc2)cc1Cl. The second-order valence-electron chi connectivity index (χ2n) is 4.59. The van der Waals surface area contributed by atoms with E-state index in [0.717, 1.165) is 0 Å². The Morgan fingerprint density at radius 1 is 1.24 bits per heavy atom. The van der Waals surface area contributed by atoms with Crippen LogP contribution >= 0.6 is 11.6 Å². The Bertz CT molecular complexity index is 672. The van der Waals surface area contributed by atoms with Gasteiger partial charge in [-0.15, -0.1) is 0 Å². The predicted molar refractivity (Wildman–Crippen MR) is 81.7 cm³/mol. The number of nitrogens with one attached hydrogen (secondary N) is 1. The third kappa shape index (κ3) is 3.58. The summed E-state index contributed by atoms with van der Waals surface area (Å²) >= 11 is 6.09. The van der Waals surface area contributed by atoms with E-state index >= 15 is 0 Å². The number of aromatic nitrogens is 1. The average molecular weight is 304 g/mol. The van der Waals surface area contributed by atoms with E-state index in [1.54, 1.807) is 50.6 Å². The summed E-state index contributed by atoms with van der Waals surface area (Å²) in [5, 5.41) is 3.00. The lowest BCUT2D eigenvalue weighted by Crippen LogP contribution is -2.22. The second-order valence-corrected chi connectivity index (χ2v) is 5.00. The smallest absolute Gasteiger partial charge is 0.257 e. The molecule has 1 aromatic heterocycles. The molecule has 0 atom stereocenters. The van der Waals surface area contributed by atoms with Gasteiger partial charge in [0.2, 0.25) is 0 Å². The van der Waals surface area contributed by atoms with E-state index < -0.39 is 0 Å². The van der Waals surface area contributed by atoms with Crippen LogP contribution < -0.4 is 5.32 Å². The first kappa shape index (κ1) is 15.0. The normalized spacial score (nSPS) is 10.0. The summed E-state index contributed by atoms with van der Waals surface area (Å²) in [4.78, 5) is 29.2. The van der Waals surface area contributed by atoms with Crippen LogP contribution in [0.2, 0.25) is 5.02 Å². The number of carbonyl (C=O) groups is 2. The molecule has 0 radical (unpaired) electrons. The Morgan fingerprint density at radius 2 is 2.00 bits per heavy atom. The highest BCUT2D eigenvalue weighted by Gasteiger charge is 2.13. The zero-order valence-electron chi connectivity index (χ0n) is 11.6. The molecule has 1 aromatic carbocycles. The Morgan fingerprint density at radius 3 is 2.57 bits per heavy atom.